The highest BCUT2D eigenvalue weighted by molar-refractivity contribution is 5.97. The van der Waals surface area contributed by atoms with Crippen molar-refractivity contribution in [3.05, 3.63) is 65.2 Å². The molecule has 4 aromatic rings. The average Bonchev–Trinajstić information content (AvgIpc) is 3.35. The molecule has 8 nitrogen and oxygen atoms in total. The topological polar surface area (TPSA) is 92.6 Å². The van der Waals surface area contributed by atoms with Crippen molar-refractivity contribution in [3.63, 3.8) is 0 Å². The highest BCUT2D eigenvalue weighted by atomic mass is 16.5. The lowest BCUT2D eigenvalue weighted by atomic mass is 10.0. The average molecular weight is 375 g/mol. The van der Waals surface area contributed by atoms with Crippen LogP contribution in [0.4, 0.5) is 0 Å². The Hall–Kier alpha value is -3.68. The number of methoxy groups -OCH3 is 1. The number of rotatable bonds is 2. The predicted molar refractivity (Wildman–Crippen MR) is 101 cm³/mol. The Labute approximate surface area is 159 Å². The van der Waals surface area contributed by atoms with Crippen LogP contribution in [0.3, 0.4) is 0 Å². The third kappa shape index (κ3) is 2.53. The van der Waals surface area contributed by atoms with E-state index in [4.69, 9.17) is 4.74 Å². The number of nitrogens with one attached hydrogen (secondary N) is 1. The summed E-state index contributed by atoms with van der Waals surface area (Å²) in [5.41, 5.74) is 4.90. The molecule has 28 heavy (non-hydrogen) atoms. The van der Waals surface area contributed by atoms with E-state index in [1.807, 2.05) is 17.0 Å². The molecule has 1 aliphatic heterocycles. The number of amides is 1. The van der Waals surface area contributed by atoms with Gasteiger partial charge in [0.25, 0.3) is 5.91 Å². The van der Waals surface area contributed by atoms with Crippen LogP contribution in [0, 0.1) is 0 Å². The first-order valence-corrected chi connectivity index (χ1v) is 8.94. The standard InChI is InChI=1S/C20H17N5O3/c1-28-20(27)12-2-4-16-14(8-12)15-10-24(7-6-17(15)22-16)19(26)13-3-5-18-23-21-11-25(18)9-13/h2-5,8-9,11,22H,6-7,10H2,1H3. The summed E-state index contributed by atoms with van der Waals surface area (Å²) in [4.78, 5) is 30.2. The number of benzene rings is 1. The van der Waals surface area contributed by atoms with Gasteiger partial charge in [-0.25, -0.2) is 4.79 Å². The molecule has 0 bridgehead atoms. The molecule has 0 saturated carbocycles. The monoisotopic (exact) mass is 375 g/mol. The summed E-state index contributed by atoms with van der Waals surface area (Å²) in [5, 5.41) is 8.76. The molecule has 3 aromatic heterocycles. The fraction of sp³-hybridized carbons (Fsp3) is 0.200. The summed E-state index contributed by atoms with van der Waals surface area (Å²) in [7, 11) is 1.37. The third-order valence-electron chi connectivity index (χ3n) is 5.22. The molecular formula is C20H17N5O3. The van der Waals surface area contributed by atoms with E-state index < -0.39 is 0 Å². The molecule has 140 valence electrons. The summed E-state index contributed by atoms with van der Waals surface area (Å²) in [6.45, 7) is 1.11. The van der Waals surface area contributed by atoms with Crippen molar-refractivity contribution in [2.45, 2.75) is 13.0 Å². The number of H-pyrrole nitrogens is 1. The van der Waals surface area contributed by atoms with Crippen LogP contribution in [0.5, 0.6) is 0 Å². The minimum atomic E-state index is -0.372. The number of nitrogens with zero attached hydrogens (tertiary/aromatic N) is 4. The molecule has 0 saturated heterocycles. The van der Waals surface area contributed by atoms with E-state index in [9.17, 15) is 9.59 Å². The van der Waals surface area contributed by atoms with E-state index in [0.717, 1.165) is 28.6 Å². The van der Waals surface area contributed by atoms with Crippen molar-refractivity contribution in [1.29, 1.82) is 0 Å². The molecule has 8 heteroatoms. The Kier molecular flexibility index (Phi) is 3.65. The number of hydrogen-bond acceptors (Lipinski definition) is 5. The molecule has 0 aliphatic carbocycles. The Morgan fingerprint density at radius 3 is 2.89 bits per heavy atom. The maximum atomic E-state index is 13.0. The van der Waals surface area contributed by atoms with Crippen LogP contribution >= 0.6 is 0 Å². The van der Waals surface area contributed by atoms with E-state index in [2.05, 4.69) is 15.2 Å². The number of hydrogen-bond donors (Lipinski definition) is 1. The van der Waals surface area contributed by atoms with Gasteiger partial charge in [0, 0.05) is 47.9 Å². The molecule has 0 fully saturated rings. The van der Waals surface area contributed by atoms with Gasteiger partial charge in [0.2, 0.25) is 0 Å². The van der Waals surface area contributed by atoms with Crippen LogP contribution < -0.4 is 0 Å². The van der Waals surface area contributed by atoms with E-state index >= 15 is 0 Å². The van der Waals surface area contributed by atoms with Gasteiger partial charge >= 0.3 is 5.97 Å². The molecular weight excluding hydrogens is 358 g/mol. The Balaban J connectivity index is 1.49. The van der Waals surface area contributed by atoms with Gasteiger partial charge in [-0.15, -0.1) is 10.2 Å². The van der Waals surface area contributed by atoms with Gasteiger partial charge in [0.1, 0.15) is 6.33 Å². The quantitative estimate of drug-likeness (QED) is 0.542. The second-order valence-corrected chi connectivity index (χ2v) is 6.82. The number of aromatic amines is 1. The fourth-order valence-corrected chi connectivity index (χ4v) is 3.77. The van der Waals surface area contributed by atoms with E-state index in [0.29, 0.717) is 29.9 Å². The summed E-state index contributed by atoms with van der Waals surface area (Å²) in [5.74, 6) is -0.414. The minimum Gasteiger partial charge on any atom is -0.465 e. The maximum Gasteiger partial charge on any atom is 0.337 e. The summed E-state index contributed by atoms with van der Waals surface area (Å²) >= 11 is 0. The first kappa shape index (κ1) is 16.5. The van der Waals surface area contributed by atoms with Crippen LogP contribution in [0.1, 0.15) is 32.0 Å². The fourth-order valence-electron chi connectivity index (χ4n) is 3.77. The van der Waals surface area contributed by atoms with Gasteiger partial charge in [0.05, 0.1) is 18.2 Å². The van der Waals surface area contributed by atoms with E-state index in [1.54, 1.807) is 35.1 Å². The maximum absolute atomic E-state index is 13.0. The first-order valence-electron chi connectivity index (χ1n) is 8.94. The van der Waals surface area contributed by atoms with Gasteiger partial charge in [-0.1, -0.05) is 0 Å². The largest absolute Gasteiger partial charge is 0.465 e. The van der Waals surface area contributed by atoms with Crippen LogP contribution in [0.15, 0.2) is 42.9 Å². The van der Waals surface area contributed by atoms with Gasteiger partial charge in [-0.3, -0.25) is 9.20 Å². The van der Waals surface area contributed by atoms with Crippen LogP contribution in [-0.4, -0.2) is 50.0 Å². The lowest BCUT2D eigenvalue weighted by Gasteiger charge is -2.27. The zero-order valence-corrected chi connectivity index (χ0v) is 15.2. The predicted octanol–water partition coefficient (Wildman–Crippen LogP) is 2.20. The number of carbonyl (C=O) groups is 2. The molecule has 5 rings (SSSR count). The van der Waals surface area contributed by atoms with Crippen molar-refractivity contribution in [3.8, 4) is 0 Å². The third-order valence-corrected chi connectivity index (χ3v) is 5.22. The Bertz CT molecular complexity index is 1240. The zero-order chi connectivity index (χ0) is 19.3. The first-order chi connectivity index (χ1) is 13.6. The van der Waals surface area contributed by atoms with E-state index in [-0.39, 0.29) is 11.9 Å². The highest BCUT2D eigenvalue weighted by Crippen LogP contribution is 2.29. The number of aromatic nitrogens is 4. The summed E-state index contributed by atoms with van der Waals surface area (Å²) in [6, 6.07) is 9.00. The summed E-state index contributed by atoms with van der Waals surface area (Å²) in [6.07, 6.45) is 4.06. The molecule has 1 amide bonds. The molecule has 1 aliphatic rings. The smallest absolute Gasteiger partial charge is 0.337 e. The van der Waals surface area contributed by atoms with Crippen molar-refractivity contribution >= 4 is 28.4 Å². The van der Waals surface area contributed by atoms with Gasteiger partial charge in [-0.2, -0.15) is 0 Å². The van der Waals surface area contributed by atoms with Crippen LogP contribution in [0.25, 0.3) is 16.6 Å². The van der Waals surface area contributed by atoms with Crippen molar-refractivity contribution in [2.75, 3.05) is 13.7 Å². The normalized spacial score (nSPS) is 13.7. The Morgan fingerprint density at radius 2 is 2.04 bits per heavy atom. The zero-order valence-electron chi connectivity index (χ0n) is 15.2. The lowest BCUT2D eigenvalue weighted by molar-refractivity contribution is 0.0600. The van der Waals surface area contributed by atoms with Crippen LogP contribution in [0.2, 0.25) is 0 Å². The lowest BCUT2D eigenvalue weighted by Crippen LogP contribution is -2.35. The molecule has 0 atom stereocenters. The van der Waals surface area contributed by atoms with Gasteiger partial charge < -0.3 is 14.6 Å². The molecule has 0 radical (unpaired) electrons. The second kappa shape index (κ2) is 6.19. The molecule has 1 aromatic carbocycles. The van der Waals surface area contributed by atoms with Crippen molar-refractivity contribution in [1.82, 2.24) is 24.5 Å². The molecule has 4 heterocycles. The SMILES string of the molecule is COC(=O)c1ccc2[nH]c3c(c2c1)CN(C(=O)c1ccc2nncn2c1)CC3. The number of esters is 1. The molecule has 0 unspecified atom stereocenters. The van der Waals surface area contributed by atoms with E-state index in [1.165, 1.54) is 7.11 Å². The van der Waals surface area contributed by atoms with Crippen molar-refractivity contribution in [2.24, 2.45) is 0 Å². The van der Waals surface area contributed by atoms with Crippen molar-refractivity contribution < 1.29 is 14.3 Å². The summed E-state index contributed by atoms with van der Waals surface area (Å²) < 4.78 is 6.56. The number of pyridine rings is 1. The number of carbonyl (C=O) groups excluding carboxylic acids is 2. The number of ether oxygens (including phenoxy) is 1. The Morgan fingerprint density at radius 1 is 1.18 bits per heavy atom. The highest BCUT2D eigenvalue weighted by Gasteiger charge is 2.25. The minimum absolute atomic E-state index is 0.0419. The molecule has 1 N–H and O–H groups in total. The number of fused-ring (bicyclic) bond motifs is 4. The molecule has 0 spiro atoms. The van der Waals surface area contributed by atoms with Gasteiger partial charge in [0.15, 0.2) is 5.65 Å². The second-order valence-electron chi connectivity index (χ2n) is 6.82. The van der Waals surface area contributed by atoms with Gasteiger partial charge in [-0.05, 0) is 30.3 Å². The van der Waals surface area contributed by atoms with Crippen LogP contribution in [-0.2, 0) is 17.7 Å².